The van der Waals surface area contributed by atoms with Gasteiger partial charge in [-0.1, -0.05) is 73.2 Å². The molecule has 2 aromatic heterocycles. The Bertz CT molecular complexity index is 2270. The van der Waals surface area contributed by atoms with Crippen molar-refractivity contribution < 1.29 is 19.1 Å². The average molecular weight is 663 g/mol. The second-order valence-corrected chi connectivity index (χ2v) is 13.1. The lowest BCUT2D eigenvalue weighted by Gasteiger charge is -2.28. The number of fused-ring (bicyclic) bond motifs is 3. The van der Waals surface area contributed by atoms with E-state index in [2.05, 4.69) is 0 Å². The molecule has 48 heavy (non-hydrogen) atoms. The van der Waals surface area contributed by atoms with Gasteiger partial charge in [0.05, 0.1) is 29.5 Å². The van der Waals surface area contributed by atoms with Crippen LogP contribution < -0.4 is 19.6 Å². The van der Waals surface area contributed by atoms with E-state index >= 15 is 0 Å². The first-order valence-corrected chi connectivity index (χ1v) is 17.4. The molecular formula is C38H38N4O5S. The monoisotopic (exact) mass is 662 g/mol. The van der Waals surface area contributed by atoms with Crippen LogP contribution in [-0.2, 0) is 20.9 Å². The van der Waals surface area contributed by atoms with Crippen LogP contribution >= 0.6 is 11.3 Å². The summed E-state index contributed by atoms with van der Waals surface area (Å²) in [5, 5.41) is 2.79. The predicted molar refractivity (Wildman–Crippen MR) is 188 cm³/mol. The van der Waals surface area contributed by atoms with Crippen LogP contribution in [0.5, 0.6) is 5.75 Å². The van der Waals surface area contributed by atoms with Gasteiger partial charge in [0.15, 0.2) is 4.80 Å². The largest absolute Gasteiger partial charge is 0.496 e. The second kappa shape index (κ2) is 13.3. The Labute approximate surface area is 282 Å². The van der Waals surface area contributed by atoms with Crippen molar-refractivity contribution in [2.24, 2.45) is 4.99 Å². The first-order chi connectivity index (χ1) is 23.4. The number of allylic oxidation sites excluding steroid dienone is 1. The Morgan fingerprint density at radius 3 is 2.50 bits per heavy atom. The number of para-hydroxylation sites is 1. The van der Waals surface area contributed by atoms with E-state index in [0.717, 1.165) is 59.6 Å². The third-order valence-corrected chi connectivity index (χ3v) is 10.2. The van der Waals surface area contributed by atoms with Crippen LogP contribution in [-0.4, -0.2) is 52.7 Å². The molecule has 0 bridgehead atoms. The first kappa shape index (κ1) is 31.6. The number of likely N-dealkylation sites (tertiary alicyclic amines) is 1. The van der Waals surface area contributed by atoms with Gasteiger partial charge in [-0.25, -0.2) is 9.79 Å². The molecule has 0 spiro atoms. The summed E-state index contributed by atoms with van der Waals surface area (Å²) in [7, 11) is 1.60. The zero-order chi connectivity index (χ0) is 33.4. The fraction of sp³-hybridized carbons (Fsp3) is 0.316. The highest BCUT2D eigenvalue weighted by atomic mass is 32.1. The van der Waals surface area contributed by atoms with E-state index in [4.69, 9.17) is 14.5 Å². The molecule has 246 valence electrons. The van der Waals surface area contributed by atoms with Gasteiger partial charge in [0.2, 0.25) is 5.91 Å². The summed E-state index contributed by atoms with van der Waals surface area (Å²) in [6, 6.07) is 18.9. The smallest absolute Gasteiger partial charge is 0.338 e. The number of hydrogen-bond donors (Lipinski definition) is 0. The van der Waals surface area contributed by atoms with Gasteiger partial charge in [0.1, 0.15) is 18.3 Å². The number of esters is 1. The van der Waals surface area contributed by atoms with Crippen LogP contribution in [0.4, 0.5) is 0 Å². The molecule has 10 heteroatoms. The molecule has 1 amide bonds. The van der Waals surface area contributed by atoms with Crippen LogP contribution in [0.15, 0.2) is 87.9 Å². The SMILES string of the molecule is CCCC1=C(C(=O)OCC)[C@H](c2c(OC)ccc3ccccc23)n2c(s/c(=C/c3cn(CC(=O)N4CCCC4)c4ccccc34)c2=O)=N1. The van der Waals surface area contributed by atoms with Gasteiger partial charge in [-0.15, -0.1) is 0 Å². The molecule has 9 nitrogen and oxygen atoms in total. The molecule has 0 radical (unpaired) electrons. The molecule has 0 unspecified atom stereocenters. The molecule has 5 aromatic rings. The fourth-order valence-electron chi connectivity index (χ4n) is 7.00. The van der Waals surface area contributed by atoms with Gasteiger partial charge in [0.25, 0.3) is 5.56 Å². The van der Waals surface area contributed by atoms with Crippen molar-refractivity contribution in [2.45, 2.75) is 52.1 Å². The average Bonchev–Trinajstić information content (AvgIpc) is 3.83. The highest BCUT2D eigenvalue weighted by Crippen LogP contribution is 2.41. The Morgan fingerprint density at radius 1 is 1.00 bits per heavy atom. The maximum Gasteiger partial charge on any atom is 0.338 e. The van der Waals surface area contributed by atoms with E-state index in [9.17, 15) is 14.4 Å². The van der Waals surface area contributed by atoms with Crippen LogP contribution in [0, 0.1) is 0 Å². The van der Waals surface area contributed by atoms with Crippen molar-refractivity contribution in [2.75, 3.05) is 26.8 Å². The van der Waals surface area contributed by atoms with Crippen molar-refractivity contribution in [3.05, 3.63) is 109 Å². The highest BCUT2D eigenvalue weighted by molar-refractivity contribution is 7.07. The number of amides is 1. The van der Waals surface area contributed by atoms with E-state index < -0.39 is 12.0 Å². The number of aromatic nitrogens is 2. The lowest BCUT2D eigenvalue weighted by atomic mass is 9.90. The van der Waals surface area contributed by atoms with E-state index in [-0.39, 0.29) is 24.6 Å². The third-order valence-electron chi connectivity index (χ3n) is 9.19. The quantitative estimate of drug-likeness (QED) is 0.199. The minimum absolute atomic E-state index is 0.0955. The Kier molecular flexibility index (Phi) is 8.75. The Hall–Kier alpha value is -4.96. The summed E-state index contributed by atoms with van der Waals surface area (Å²) < 4.78 is 15.6. The molecule has 7 rings (SSSR count). The number of ether oxygens (including phenoxy) is 2. The summed E-state index contributed by atoms with van der Waals surface area (Å²) in [5.41, 5.74) is 3.18. The van der Waals surface area contributed by atoms with Crippen LogP contribution in [0.2, 0.25) is 0 Å². The number of rotatable bonds is 9. The number of carbonyl (C=O) groups excluding carboxylic acids is 2. The minimum Gasteiger partial charge on any atom is -0.496 e. The van der Waals surface area contributed by atoms with Gasteiger partial charge in [-0.2, -0.15) is 0 Å². The van der Waals surface area contributed by atoms with E-state index in [1.54, 1.807) is 18.6 Å². The van der Waals surface area contributed by atoms with Crippen molar-refractivity contribution in [3.8, 4) is 5.75 Å². The number of thiazole rings is 1. The van der Waals surface area contributed by atoms with E-state index in [1.165, 1.54) is 11.3 Å². The molecule has 4 heterocycles. The lowest BCUT2D eigenvalue weighted by molar-refractivity contribution is -0.139. The number of methoxy groups -OCH3 is 1. The molecule has 2 aliphatic rings. The standard InChI is InChI=1S/C38H38N4O5S/c1-4-12-28-34(37(45)47-5-2)35(33-27-15-7-6-13-24(27)17-18-30(33)46-3)42-36(44)31(48-38(42)39-28)21-25-22-41(29-16-9-8-14-26(25)29)23-32(43)40-19-10-11-20-40/h6-9,13-18,21-22,35H,4-5,10-12,19-20,23H2,1-3H3/b31-21+/t35-/m0/s1. The van der Waals surface area contributed by atoms with Gasteiger partial charge >= 0.3 is 5.97 Å². The van der Waals surface area contributed by atoms with Crippen LogP contribution in [0.25, 0.3) is 27.8 Å². The molecule has 3 aromatic carbocycles. The molecule has 0 N–H and O–H groups in total. The fourth-order valence-corrected chi connectivity index (χ4v) is 8.01. The van der Waals surface area contributed by atoms with E-state index in [0.29, 0.717) is 38.3 Å². The Morgan fingerprint density at radius 2 is 1.75 bits per heavy atom. The molecular weight excluding hydrogens is 625 g/mol. The third kappa shape index (κ3) is 5.53. The van der Waals surface area contributed by atoms with Crippen molar-refractivity contribution in [1.29, 1.82) is 0 Å². The van der Waals surface area contributed by atoms with Crippen molar-refractivity contribution in [3.63, 3.8) is 0 Å². The number of hydrogen-bond acceptors (Lipinski definition) is 7. The molecule has 2 aliphatic heterocycles. The maximum absolute atomic E-state index is 14.6. The summed E-state index contributed by atoms with van der Waals surface area (Å²) in [4.78, 5) is 48.9. The van der Waals surface area contributed by atoms with Gasteiger partial charge in [-0.3, -0.25) is 14.2 Å². The van der Waals surface area contributed by atoms with Gasteiger partial charge in [0, 0.05) is 41.3 Å². The molecule has 0 saturated carbocycles. The van der Waals surface area contributed by atoms with Crippen molar-refractivity contribution in [1.82, 2.24) is 14.0 Å². The summed E-state index contributed by atoms with van der Waals surface area (Å²) in [5.74, 6) is 0.168. The summed E-state index contributed by atoms with van der Waals surface area (Å²) >= 11 is 1.30. The number of nitrogens with zero attached hydrogens (tertiary/aromatic N) is 4. The van der Waals surface area contributed by atoms with Gasteiger partial charge in [-0.05, 0) is 55.2 Å². The minimum atomic E-state index is -0.815. The summed E-state index contributed by atoms with van der Waals surface area (Å²) in [6.07, 6.45) is 7.20. The van der Waals surface area contributed by atoms with E-state index in [1.807, 2.05) is 89.3 Å². The normalized spacial score (nSPS) is 16.4. The predicted octanol–water partition coefficient (Wildman–Crippen LogP) is 5.32. The Balaban J connectivity index is 1.45. The zero-order valence-electron chi connectivity index (χ0n) is 27.4. The van der Waals surface area contributed by atoms with Crippen LogP contribution in [0.3, 0.4) is 0 Å². The molecule has 0 aliphatic carbocycles. The van der Waals surface area contributed by atoms with Gasteiger partial charge < -0.3 is 18.9 Å². The zero-order valence-corrected chi connectivity index (χ0v) is 28.2. The summed E-state index contributed by atoms with van der Waals surface area (Å²) in [6.45, 7) is 5.83. The lowest BCUT2D eigenvalue weighted by Crippen LogP contribution is -2.40. The molecule has 1 fully saturated rings. The van der Waals surface area contributed by atoms with Crippen molar-refractivity contribution >= 4 is 51.0 Å². The topological polar surface area (TPSA) is 95.1 Å². The maximum atomic E-state index is 14.6. The molecule has 1 atom stereocenters. The second-order valence-electron chi connectivity index (χ2n) is 12.1. The number of carbonyl (C=O) groups is 2. The molecule has 1 saturated heterocycles. The number of benzene rings is 3. The highest BCUT2D eigenvalue weighted by Gasteiger charge is 2.37. The first-order valence-electron chi connectivity index (χ1n) is 16.6. The van der Waals surface area contributed by atoms with Crippen LogP contribution in [0.1, 0.15) is 56.7 Å².